The fourth-order valence-corrected chi connectivity index (χ4v) is 2.77. The fraction of sp³-hybridized carbons (Fsp3) is 0.364. The maximum atomic E-state index is 12.4. The molecule has 2 atom stereocenters. The number of hydrogen-bond donors (Lipinski definition) is 1. The summed E-state index contributed by atoms with van der Waals surface area (Å²) in [5.41, 5.74) is 1.41. The van der Waals surface area contributed by atoms with E-state index in [1.165, 1.54) is 0 Å². The first-order valence-electron chi connectivity index (χ1n) is 9.51. The van der Waals surface area contributed by atoms with E-state index in [4.69, 9.17) is 14.2 Å². The predicted molar refractivity (Wildman–Crippen MR) is 104 cm³/mol. The predicted octanol–water partition coefficient (Wildman–Crippen LogP) is 2.76. The average molecular weight is 383 g/mol. The summed E-state index contributed by atoms with van der Waals surface area (Å²) in [5, 5.41) is 2.78. The van der Waals surface area contributed by atoms with E-state index in [1.807, 2.05) is 30.3 Å². The second-order valence-corrected chi connectivity index (χ2v) is 6.58. The summed E-state index contributed by atoms with van der Waals surface area (Å²) in [6.45, 7) is 3.44. The minimum Gasteiger partial charge on any atom is -0.493 e. The minimum absolute atomic E-state index is 0.258. The first-order chi connectivity index (χ1) is 13.7. The Morgan fingerprint density at radius 2 is 1.86 bits per heavy atom. The van der Waals surface area contributed by atoms with Crippen LogP contribution < -0.4 is 10.1 Å². The number of nitrogens with one attached hydrogen (secondary N) is 1. The van der Waals surface area contributed by atoms with Crippen LogP contribution in [-0.4, -0.2) is 43.8 Å². The van der Waals surface area contributed by atoms with Crippen molar-refractivity contribution in [2.24, 2.45) is 0 Å². The molecule has 1 amide bonds. The summed E-state index contributed by atoms with van der Waals surface area (Å²) in [5.74, 6) is 0.0165. The summed E-state index contributed by atoms with van der Waals surface area (Å²) < 4.78 is 16.0. The Morgan fingerprint density at radius 1 is 1.14 bits per heavy atom. The van der Waals surface area contributed by atoms with Crippen molar-refractivity contribution in [3.05, 3.63) is 65.7 Å². The number of hydrogen-bond acceptors (Lipinski definition) is 5. The standard InChI is InChI=1S/C22H25NO5/c1-2-26-22(25)20(23-21(24)17-6-4-3-5-7-17)14-16-8-10-18(11-9-16)27-13-12-19-15-28-19/h3-11,19-20H,2,12-15H2,1H3,(H,23,24). The normalized spacial score (nSPS) is 16.1. The average Bonchev–Trinajstić information content (AvgIpc) is 3.54. The van der Waals surface area contributed by atoms with Gasteiger partial charge in [-0.05, 0) is 36.8 Å². The van der Waals surface area contributed by atoms with Gasteiger partial charge in [-0.1, -0.05) is 30.3 Å². The number of amides is 1. The summed E-state index contributed by atoms with van der Waals surface area (Å²) in [6, 6.07) is 15.6. The van der Waals surface area contributed by atoms with Gasteiger partial charge in [0.1, 0.15) is 11.8 Å². The number of benzene rings is 2. The Kier molecular flexibility index (Phi) is 7.03. The van der Waals surface area contributed by atoms with Crippen molar-refractivity contribution >= 4 is 11.9 Å². The van der Waals surface area contributed by atoms with E-state index >= 15 is 0 Å². The molecule has 28 heavy (non-hydrogen) atoms. The molecule has 0 bridgehead atoms. The first-order valence-corrected chi connectivity index (χ1v) is 9.51. The van der Waals surface area contributed by atoms with Crippen molar-refractivity contribution in [1.82, 2.24) is 5.32 Å². The Hall–Kier alpha value is -2.86. The third-order valence-electron chi connectivity index (χ3n) is 4.39. The van der Waals surface area contributed by atoms with Crippen molar-refractivity contribution < 1.29 is 23.8 Å². The van der Waals surface area contributed by atoms with Gasteiger partial charge in [-0.25, -0.2) is 4.79 Å². The topological polar surface area (TPSA) is 77.2 Å². The van der Waals surface area contributed by atoms with Crippen LogP contribution in [0.2, 0.25) is 0 Å². The zero-order valence-corrected chi connectivity index (χ0v) is 15.9. The molecular weight excluding hydrogens is 358 g/mol. The quantitative estimate of drug-likeness (QED) is 0.504. The van der Waals surface area contributed by atoms with Gasteiger partial charge in [0.2, 0.25) is 0 Å². The second-order valence-electron chi connectivity index (χ2n) is 6.58. The zero-order chi connectivity index (χ0) is 19.8. The molecule has 1 N–H and O–H groups in total. The highest BCUT2D eigenvalue weighted by Gasteiger charge is 2.23. The molecular formula is C22H25NO5. The van der Waals surface area contributed by atoms with Gasteiger partial charge in [0, 0.05) is 18.4 Å². The minimum atomic E-state index is -0.758. The Morgan fingerprint density at radius 3 is 2.50 bits per heavy atom. The molecule has 1 fully saturated rings. The highest BCUT2D eigenvalue weighted by molar-refractivity contribution is 5.96. The van der Waals surface area contributed by atoms with Crippen LogP contribution in [-0.2, 0) is 20.7 Å². The van der Waals surface area contributed by atoms with Gasteiger partial charge in [-0.15, -0.1) is 0 Å². The van der Waals surface area contributed by atoms with E-state index in [2.05, 4.69) is 5.32 Å². The van der Waals surface area contributed by atoms with E-state index in [0.29, 0.717) is 24.7 Å². The smallest absolute Gasteiger partial charge is 0.328 e. The molecule has 0 aromatic heterocycles. The van der Waals surface area contributed by atoms with E-state index < -0.39 is 12.0 Å². The largest absolute Gasteiger partial charge is 0.493 e. The van der Waals surface area contributed by atoms with Crippen molar-refractivity contribution in [1.29, 1.82) is 0 Å². The lowest BCUT2D eigenvalue weighted by Gasteiger charge is -2.18. The van der Waals surface area contributed by atoms with Gasteiger partial charge in [0.25, 0.3) is 5.91 Å². The number of carbonyl (C=O) groups excluding carboxylic acids is 2. The Bertz CT molecular complexity index is 771. The SMILES string of the molecule is CCOC(=O)C(Cc1ccc(OCCC2CO2)cc1)NC(=O)c1ccccc1. The van der Waals surface area contributed by atoms with E-state index in [0.717, 1.165) is 24.3 Å². The zero-order valence-electron chi connectivity index (χ0n) is 15.9. The van der Waals surface area contributed by atoms with Gasteiger partial charge in [0.05, 0.1) is 25.9 Å². The van der Waals surface area contributed by atoms with Gasteiger partial charge in [0.15, 0.2) is 0 Å². The van der Waals surface area contributed by atoms with Gasteiger partial charge < -0.3 is 19.5 Å². The summed E-state index contributed by atoms with van der Waals surface area (Å²) in [7, 11) is 0. The molecule has 0 saturated carbocycles. The van der Waals surface area contributed by atoms with Crippen molar-refractivity contribution in [2.45, 2.75) is 31.9 Å². The third kappa shape index (κ3) is 6.09. The number of epoxide rings is 1. The van der Waals surface area contributed by atoms with Gasteiger partial charge in [-0.2, -0.15) is 0 Å². The van der Waals surface area contributed by atoms with E-state index in [1.54, 1.807) is 31.2 Å². The van der Waals surface area contributed by atoms with Crippen LogP contribution in [0.5, 0.6) is 5.75 Å². The molecule has 2 aromatic carbocycles. The summed E-state index contributed by atoms with van der Waals surface area (Å²) in [6.07, 6.45) is 1.57. The van der Waals surface area contributed by atoms with Crippen LogP contribution in [0.4, 0.5) is 0 Å². The molecule has 6 nitrogen and oxygen atoms in total. The fourth-order valence-electron chi connectivity index (χ4n) is 2.77. The molecule has 2 unspecified atom stereocenters. The van der Waals surface area contributed by atoms with Crippen LogP contribution in [0.1, 0.15) is 29.3 Å². The molecule has 1 saturated heterocycles. The number of rotatable bonds is 10. The molecule has 2 aromatic rings. The van der Waals surface area contributed by atoms with Crippen LogP contribution >= 0.6 is 0 Å². The molecule has 6 heteroatoms. The number of carbonyl (C=O) groups is 2. The lowest BCUT2D eigenvalue weighted by Crippen LogP contribution is -2.43. The third-order valence-corrected chi connectivity index (χ3v) is 4.39. The Labute approximate surface area is 164 Å². The molecule has 148 valence electrons. The number of esters is 1. The highest BCUT2D eigenvalue weighted by Crippen LogP contribution is 2.17. The molecule has 1 heterocycles. The van der Waals surface area contributed by atoms with Crippen molar-refractivity contribution in [2.75, 3.05) is 19.8 Å². The first kappa shape index (κ1) is 19.9. The van der Waals surface area contributed by atoms with Crippen molar-refractivity contribution in [3.8, 4) is 5.75 Å². The van der Waals surface area contributed by atoms with Crippen LogP contribution in [0.25, 0.3) is 0 Å². The second kappa shape index (κ2) is 9.90. The van der Waals surface area contributed by atoms with Crippen molar-refractivity contribution in [3.63, 3.8) is 0 Å². The maximum Gasteiger partial charge on any atom is 0.328 e. The molecule has 3 rings (SSSR count). The van der Waals surface area contributed by atoms with Gasteiger partial charge >= 0.3 is 5.97 Å². The Balaban J connectivity index is 1.59. The van der Waals surface area contributed by atoms with E-state index in [-0.39, 0.29) is 12.5 Å². The van der Waals surface area contributed by atoms with E-state index in [9.17, 15) is 9.59 Å². The molecule has 0 aliphatic carbocycles. The maximum absolute atomic E-state index is 12.4. The molecule has 0 radical (unpaired) electrons. The lowest BCUT2D eigenvalue weighted by molar-refractivity contribution is -0.145. The molecule has 0 spiro atoms. The number of ether oxygens (including phenoxy) is 3. The lowest BCUT2D eigenvalue weighted by atomic mass is 10.0. The molecule has 1 aliphatic rings. The summed E-state index contributed by atoms with van der Waals surface area (Å²) >= 11 is 0. The van der Waals surface area contributed by atoms with Crippen LogP contribution in [0.15, 0.2) is 54.6 Å². The van der Waals surface area contributed by atoms with Gasteiger partial charge in [-0.3, -0.25) is 4.79 Å². The van der Waals surface area contributed by atoms with Crippen LogP contribution in [0, 0.1) is 0 Å². The monoisotopic (exact) mass is 383 g/mol. The van der Waals surface area contributed by atoms with Crippen LogP contribution in [0.3, 0.4) is 0 Å². The molecule has 1 aliphatic heterocycles. The highest BCUT2D eigenvalue weighted by atomic mass is 16.6. The summed E-state index contributed by atoms with van der Waals surface area (Å²) in [4.78, 5) is 24.8.